The Morgan fingerprint density at radius 2 is 1.90 bits per heavy atom. The molecule has 1 atom stereocenters. The minimum atomic E-state index is -0.780. The molecule has 1 aliphatic heterocycles. The van der Waals surface area contributed by atoms with E-state index in [1.54, 1.807) is 48.5 Å². The van der Waals surface area contributed by atoms with Gasteiger partial charge in [0.1, 0.15) is 6.33 Å². The summed E-state index contributed by atoms with van der Waals surface area (Å²) in [6, 6.07) is 11.1. The second-order valence-electron chi connectivity index (χ2n) is 9.22. The standard InChI is InChI=1S/C27H27ClN6O5/c1-17(35)20-5-3-18(4-6-20)12-25(36)23(11-19-14-33(15-19)27(38)39-2)30-26(37)10-7-21-13-22(28)8-9-24(21)34-16-29-31-32-34/h3-10,13,16,19,23H,11-12,14-15H2,1-2H3,(H,30,37)/b10-7+/t23-/m0/s1. The number of carbonyl (C=O) groups excluding carboxylic acids is 4. The first kappa shape index (κ1) is 27.6. The topological polar surface area (TPSA) is 136 Å². The average molecular weight is 551 g/mol. The van der Waals surface area contributed by atoms with Gasteiger partial charge < -0.3 is 15.0 Å². The van der Waals surface area contributed by atoms with E-state index in [9.17, 15) is 19.2 Å². The zero-order valence-electron chi connectivity index (χ0n) is 21.4. The van der Waals surface area contributed by atoms with Crippen molar-refractivity contribution in [2.75, 3.05) is 20.2 Å². The van der Waals surface area contributed by atoms with Crippen molar-refractivity contribution in [3.8, 4) is 5.69 Å². The molecule has 0 radical (unpaired) electrons. The molecular formula is C27H27ClN6O5. The van der Waals surface area contributed by atoms with Crippen molar-refractivity contribution in [1.82, 2.24) is 30.4 Å². The maximum absolute atomic E-state index is 13.3. The zero-order chi connectivity index (χ0) is 27.9. The molecule has 1 N–H and O–H groups in total. The highest BCUT2D eigenvalue weighted by Crippen LogP contribution is 2.23. The predicted molar refractivity (Wildman–Crippen MR) is 142 cm³/mol. The van der Waals surface area contributed by atoms with Crippen LogP contribution in [0.2, 0.25) is 5.02 Å². The van der Waals surface area contributed by atoms with E-state index < -0.39 is 18.0 Å². The maximum Gasteiger partial charge on any atom is 0.409 e. The van der Waals surface area contributed by atoms with Crippen molar-refractivity contribution < 1.29 is 23.9 Å². The Balaban J connectivity index is 1.47. The molecule has 4 rings (SSSR count). The quantitative estimate of drug-likeness (QED) is 0.300. The Morgan fingerprint density at radius 3 is 2.54 bits per heavy atom. The highest BCUT2D eigenvalue weighted by molar-refractivity contribution is 6.30. The number of tetrazole rings is 1. The van der Waals surface area contributed by atoms with Crippen LogP contribution in [0.1, 0.15) is 34.8 Å². The predicted octanol–water partition coefficient (Wildman–Crippen LogP) is 2.92. The van der Waals surface area contributed by atoms with Gasteiger partial charge in [0.15, 0.2) is 11.6 Å². The van der Waals surface area contributed by atoms with Crippen LogP contribution in [0.5, 0.6) is 0 Å². The lowest BCUT2D eigenvalue weighted by Crippen LogP contribution is -2.53. The third-order valence-electron chi connectivity index (χ3n) is 6.40. The molecule has 1 saturated heterocycles. The molecule has 12 heteroatoms. The van der Waals surface area contributed by atoms with Gasteiger partial charge in [-0.15, -0.1) is 5.10 Å². The van der Waals surface area contributed by atoms with Crippen LogP contribution in [-0.4, -0.2) is 74.9 Å². The normalized spacial score (nSPS) is 14.1. The molecule has 2 amide bonds. The van der Waals surface area contributed by atoms with Crippen molar-refractivity contribution in [1.29, 1.82) is 0 Å². The number of ether oxygens (including phenoxy) is 1. The number of halogens is 1. The van der Waals surface area contributed by atoms with Crippen LogP contribution in [0, 0.1) is 5.92 Å². The lowest BCUT2D eigenvalue weighted by molar-refractivity contribution is -0.126. The number of aromatic nitrogens is 4. The largest absolute Gasteiger partial charge is 0.453 e. The van der Waals surface area contributed by atoms with Gasteiger partial charge in [-0.25, -0.2) is 4.79 Å². The van der Waals surface area contributed by atoms with Gasteiger partial charge in [-0.1, -0.05) is 35.9 Å². The van der Waals surface area contributed by atoms with E-state index in [1.165, 1.54) is 36.0 Å². The first-order chi connectivity index (χ1) is 18.7. The lowest BCUT2D eigenvalue weighted by atomic mass is 9.89. The molecule has 0 unspecified atom stereocenters. The first-order valence-corrected chi connectivity index (χ1v) is 12.6. The fourth-order valence-electron chi connectivity index (χ4n) is 4.31. The summed E-state index contributed by atoms with van der Waals surface area (Å²) >= 11 is 6.15. The number of nitrogens with zero attached hydrogens (tertiary/aromatic N) is 5. The maximum atomic E-state index is 13.3. The monoisotopic (exact) mass is 550 g/mol. The number of Topliss-reactive ketones (excluding diaryl/α,β-unsaturated/α-hetero) is 2. The molecule has 39 heavy (non-hydrogen) atoms. The van der Waals surface area contributed by atoms with Gasteiger partial charge >= 0.3 is 6.09 Å². The van der Waals surface area contributed by atoms with Crippen molar-refractivity contribution in [3.63, 3.8) is 0 Å². The van der Waals surface area contributed by atoms with Crippen molar-refractivity contribution in [2.45, 2.75) is 25.8 Å². The van der Waals surface area contributed by atoms with Crippen molar-refractivity contribution in [2.24, 2.45) is 5.92 Å². The second-order valence-corrected chi connectivity index (χ2v) is 9.66. The molecule has 2 heterocycles. The molecule has 1 aromatic heterocycles. The third kappa shape index (κ3) is 7.14. The summed E-state index contributed by atoms with van der Waals surface area (Å²) in [7, 11) is 1.32. The molecule has 1 aliphatic rings. The SMILES string of the molecule is COC(=O)N1CC(C[C@H](NC(=O)/C=C/c2cc(Cl)ccc2-n2cnnn2)C(=O)Cc2ccc(C(C)=O)cc2)C1. The number of benzene rings is 2. The summed E-state index contributed by atoms with van der Waals surface area (Å²) in [5, 5.41) is 14.4. The summed E-state index contributed by atoms with van der Waals surface area (Å²) in [6.45, 7) is 2.35. The van der Waals surface area contributed by atoms with Crippen LogP contribution in [0.25, 0.3) is 11.8 Å². The molecule has 0 saturated carbocycles. The van der Waals surface area contributed by atoms with Gasteiger partial charge in [0.05, 0.1) is 18.8 Å². The molecule has 1 fully saturated rings. The van der Waals surface area contributed by atoms with Gasteiger partial charge in [0, 0.05) is 41.7 Å². The smallest absolute Gasteiger partial charge is 0.409 e. The molecule has 202 valence electrons. The van der Waals surface area contributed by atoms with Gasteiger partial charge in [0.25, 0.3) is 0 Å². The summed E-state index contributed by atoms with van der Waals surface area (Å²) in [5.74, 6) is -0.678. The van der Waals surface area contributed by atoms with E-state index in [0.717, 1.165) is 5.56 Å². The number of methoxy groups -OCH3 is 1. The summed E-state index contributed by atoms with van der Waals surface area (Å²) in [6.07, 6.45) is 4.34. The Hall–Kier alpha value is -4.38. The minimum Gasteiger partial charge on any atom is -0.453 e. The molecule has 3 aromatic rings. The number of ketones is 2. The third-order valence-corrected chi connectivity index (χ3v) is 6.64. The lowest BCUT2D eigenvalue weighted by Gasteiger charge is -2.39. The first-order valence-electron chi connectivity index (χ1n) is 12.2. The second kappa shape index (κ2) is 12.4. The highest BCUT2D eigenvalue weighted by atomic mass is 35.5. The zero-order valence-corrected chi connectivity index (χ0v) is 22.2. The van der Waals surface area contributed by atoms with Crippen LogP contribution in [0.4, 0.5) is 4.79 Å². The Kier molecular flexibility index (Phi) is 8.82. The molecule has 0 spiro atoms. The minimum absolute atomic E-state index is 0.0294. The van der Waals surface area contributed by atoms with Crippen LogP contribution >= 0.6 is 11.6 Å². The fraction of sp³-hybridized carbons (Fsp3) is 0.296. The van der Waals surface area contributed by atoms with Crippen molar-refractivity contribution >= 4 is 41.2 Å². The number of likely N-dealkylation sites (tertiary alicyclic amines) is 1. The number of amides is 2. The van der Waals surface area contributed by atoms with Gasteiger partial charge in [0.2, 0.25) is 5.91 Å². The molecule has 2 aromatic carbocycles. The molecule has 0 bridgehead atoms. The van der Waals surface area contributed by atoms with E-state index in [-0.39, 0.29) is 23.9 Å². The Labute approximate surface area is 229 Å². The number of hydrogen-bond donors (Lipinski definition) is 1. The number of carbonyl (C=O) groups is 4. The Morgan fingerprint density at radius 1 is 1.15 bits per heavy atom. The van der Waals surface area contributed by atoms with E-state index in [2.05, 4.69) is 20.8 Å². The molecule has 11 nitrogen and oxygen atoms in total. The average Bonchev–Trinajstić information content (AvgIpc) is 3.43. The molecular weight excluding hydrogens is 524 g/mol. The van der Waals surface area contributed by atoms with Crippen LogP contribution < -0.4 is 5.32 Å². The van der Waals surface area contributed by atoms with Crippen LogP contribution in [0.15, 0.2) is 54.9 Å². The van der Waals surface area contributed by atoms with E-state index >= 15 is 0 Å². The van der Waals surface area contributed by atoms with Gasteiger partial charge in [-0.3, -0.25) is 14.4 Å². The Bertz CT molecular complexity index is 1380. The van der Waals surface area contributed by atoms with Gasteiger partial charge in [-0.05, 0) is 59.5 Å². The van der Waals surface area contributed by atoms with Crippen molar-refractivity contribution in [3.05, 3.63) is 76.6 Å². The number of hydrogen-bond acceptors (Lipinski definition) is 8. The van der Waals surface area contributed by atoms with E-state index in [1.807, 2.05) is 0 Å². The van der Waals surface area contributed by atoms with Crippen LogP contribution in [0.3, 0.4) is 0 Å². The van der Waals surface area contributed by atoms with E-state index in [4.69, 9.17) is 16.3 Å². The fourth-order valence-corrected chi connectivity index (χ4v) is 4.49. The highest BCUT2D eigenvalue weighted by Gasteiger charge is 2.35. The number of nitrogens with one attached hydrogen (secondary N) is 1. The van der Waals surface area contributed by atoms with E-state index in [0.29, 0.717) is 41.3 Å². The summed E-state index contributed by atoms with van der Waals surface area (Å²) in [4.78, 5) is 51.0. The summed E-state index contributed by atoms with van der Waals surface area (Å²) in [5.41, 5.74) is 2.51. The van der Waals surface area contributed by atoms with Crippen LogP contribution in [-0.2, 0) is 20.7 Å². The summed E-state index contributed by atoms with van der Waals surface area (Å²) < 4.78 is 6.18. The van der Waals surface area contributed by atoms with Gasteiger partial charge in [-0.2, -0.15) is 4.68 Å². The number of rotatable bonds is 10. The molecule has 0 aliphatic carbocycles.